The Labute approximate surface area is 75.5 Å². The minimum atomic E-state index is 0.104. The maximum Gasteiger partial charge on any atom is 0.229 e. The second kappa shape index (κ2) is 4.41. The number of nitrogen functional groups attached to an aromatic ring is 2. The molecule has 1 aromatic heterocycles. The van der Waals surface area contributed by atoms with Crippen molar-refractivity contribution < 1.29 is 4.74 Å². The van der Waals surface area contributed by atoms with Crippen molar-refractivity contribution in [2.24, 2.45) is 0 Å². The molecule has 0 saturated carbocycles. The van der Waals surface area contributed by atoms with E-state index in [-0.39, 0.29) is 11.9 Å². The van der Waals surface area contributed by atoms with Crippen molar-refractivity contribution in [1.29, 1.82) is 0 Å². The van der Waals surface area contributed by atoms with Crippen LogP contribution in [0.3, 0.4) is 0 Å². The summed E-state index contributed by atoms with van der Waals surface area (Å²) in [5, 5.41) is 2.88. The lowest BCUT2D eigenvalue weighted by atomic mass is 10.7. The van der Waals surface area contributed by atoms with E-state index in [1.165, 1.54) is 0 Å². The van der Waals surface area contributed by atoms with Crippen LogP contribution >= 0.6 is 0 Å². The van der Waals surface area contributed by atoms with Crippen molar-refractivity contribution in [2.75, 3.05) is 37.0 Å². The monoisotopic (exact) mass is 184 g/mol. The third-order valence-electron chi connectivity index (χ3n) is 1.26. The van der Waals surface area contributed by atoms with Crippen LogP contribution in [0.4, 0.5) is 17.8 Å². The largest absolute Gasteiger partial charge is 0.383 e. The van der Waals surface area contributed by atoms with Gasteiger partial charge in [-0.15, -0.1) is 0 Å². The van der Waals surface area contributed by atoms with E-state index >= 15 is 0 Å². The Balaban J connectivity index is 2.56. The standard InChI is InChI=1S/C6H12N6O/c1-13-3-2-9-6-11-4(7)10-5(8)12-6/h2-3H2,1H3,(H5,7,8,9,10,11,12). The minimum Gasteiger partial charge on any atom is -0.383 e. The number of rotatable bonds is 4. The van der Waals surface area contributed by atoms with E-state index in [1.807, 2.05) is 0 Å². The van der Waals surface area contributed by atoms with Gasteiger partial charge >= 0.3 is 0 Å². The Kier molecular flexibility index (Phi) is 3.21. The van der Waals surface area contributed by atoms with Gasteiger partial charge in [0.25, 0.3) is 0 Å². The molecule has 1 aromatic rings. The van der Waals surface area contributed by atoms with Gasteiger partial charge < -0.3 is 21.5 Å². The molecule has 0 amide bonds. The lowest BCUT2D eigenvalue weighted by molar-refractivity contribution is 0.210. The maximum absolute atomic E-state index is 5.35. The summed E-state index contributed by atoms with van der Waals surface area (Å²) in [6.07, 6.45) is 0. The molecule has 0 bridgehead atoms. The Bertz CT molecular complexity index is 258. The number of nitrogens with zero attached hydrogens (tertiary/aromatic N) is 3. The summed E-state index contributed by atoms with van der Waals surface area (Å²) in [6, 6.07) is 0. The highest BCUT2D eigenvalue weighted by molar-refractivity contribution is 5.36. The average Bonchev–Trinajstić information content (AvgIpc) is 2.03. The first-order valence-corrected chi connectivity index (χ1v) is 3.72. The van der Waals surface area contributed by atoms with E-state index in [1.54, 1.807) is 7.11 Å². The Morgan fingerprint density at radius 2 is 1.85 bits per heavy atom. The van der Waals surface area contributed by atoms with E-state index < -0.39 is 0 Å². The van der Waals surface area contributed by atoms with Crippen LogP contribution < -0.4 is 16.8 Å². The highest BCUT2D eigenvalue weighted by atomic mass is 16.5. The van der Waals surface area contributed by atoms with E-state index in [9.17, 15) is 0 Å². The van der Waals surface area contributed by atoms with Crippen molar-refractivity contribution in [3.05, 3.63) is 0 Å². The number of nitrogens with two attached hydrogens (primary N) is 2. The fourth-order valence-corrected chi connectivity index (χ4v) is 0.753. The first kappa shape index (κ1) is 9.46. The Morgan fingerprint density at radius 3 is 2.38 bits per heavy atom. The molecule has 13 heavy (non-hydrogen) atoms. The molecule has 7 nitrogen and oxygen atoms in total. The third kappa shape index (κ3) is 3.08. The molecular weight excluding hydrogens is 172 g/mol. The van der Waals surface area contributed by atoms with Crippen molar-refractivity contribution in [1.82, 2.24) is 15.0 Å². The van der Waals surface area contributed by atoms with Gasteiger partial charge in [-0.3, -0.25) is 0 Å². The van der Waals surface area contributed by atoms with Gasteiger partial charge in [-0.2, -0.15) is 15.0 Å². The van der Waals surface area contributed by atoms with Crippen LogP contribution in [-0.2, 0) is 4.74 Å². The molecule has 0 spiro atoms. The van der Waals surface area contributed by atoms with Gasteiger partial charge in [-0.25, -0.2) is 0 Å². The minimum absolute atomic E-state index is 0.104. The zero-order valence-corrected chi connectivity index (χ0v) is 7.32. The van der Waals surface area contributed by atoms with Gasteiger partial charge in [0.05, 0.1) is 6.61 Å². The van der Waals surface area contributed by atoms with Gasteiger partial charge in [0.15, 0.2) is 0 Å². The molecule has 72 valence electrons. The van der Waals surface area contributed by atoms with Crippen molar-refractivity contribution >= 4 is 17.8 Å². The predicted octanol–water partition coefficient (Wildman–Crippen LogP) is -0.906. The third-order valence-corrected chi connectivity index (χ3v) is 1.26. The number of hydrogen-bond donors (Lipinski definition) is 3. The SMILES string of the molecule is COCCNc1nc(N)nc(N)n1. The topological polar surface area (TPSA) is 112 Å². The fraction of sp³-hybridized carbons (Fsp3) is 0.500. The van der Waals surface area contributed by atoms with Crippen molar-refractivity contribution in [3.8, 4) is 0 Å². The van der Waals surface area contributed by atoms with E-state index in [0.29, 0.717) is 19.1 Å². The first-order chi connectivity index (χ1) is 6.22. The van der Waals surface area contributed by atoms with Gasteiger partial charge in [0.1, 0.15) is 0 Å². The van der Waals surface area contributed by atoms with Crippen LogP contribution in [0.2, 0.25) is 0 Å². The second-order valence-corrected chi connectivity index (χ2v) is 2.29. The lowest BCUT2D eigenvalue weighted by Crippen LogP contribution is -2.13. The predicted molar refractivity (Wildman–Crippen MR) is 49.0 cm³/mol. The molecule has 1 rings (SSSR count). The molecule has 7 heteroatoms. The van der Waals surface area contributed by atoms with Crippen LogP contribution in [0.15, 0.2) is 0 Å². The molecule has 1 heterocycles. The Hall–Kier alpha value is -1.63. The lowest BCUT2D eigenvalue weighted by Gasteiger charge is -2.04. The number of nitrogens with one attached hydrogen (secondary N) is 1. The second-order valence-electron chi connectivity index (χ2n) is 2.29. The van der Waals surface area contributed by atoms with Crippen molar-refractivity contribution in [2.45, 2.75) is 0 Å². The molecule has 0 unspecified atom stereocenters. The van der Waals surface area contributed by atoms with Gasteiger partial charge in [0.2, 0.25) is 17.8 Å². The smallest absolute Gasteiger partial charge is 0.229 e. The van der Waals surface area contributed by atoms with Crippen LogP contribution in [-0.4, -0.2) is 35.2 Å². The summed E-state index contributed by atoms with van der Waals surface area (Å²) >= 11 is 0. The number of aromatic nitrogens is 3. The van der Waals surface area contributed by atoms with E-state index in [4.69, 9.17) is 16.2 Å². The summed E-state index contributed by atoms with van der Waals surface area (Å²) in [5.41, 5.74) is 10.7. The highest BCUT2D eigenvalue weighted by Crippen LogP contribution is 2.02. The fourth-order valence-electron chi connectivity index (χ4n) is 0.753. The molecule has 5 N–H and O–H groups in total. The summed E-state index contributed by atoms with van der Waals surface area (Å²) in [6.45, 7) is 1.16. The zero-order chi connectivity index (χ0) is 9.68. The molecule has 0 radical (unpaired) electrons. The normalized spacial score (nSPS) is 9.92. The summed E-state index contributed by atoms with van der Waals surface area (Å²) < 4.78 is 4.83. The van der Waals surface area contributed by atoms with Gasteiger partial charge in [0, 0.05) is 13.7 Å². The highest BCUT2D eigenvalue weighted by Gasteiger charge is 1.99. The molecule has 0 saturated heterocycles. The van der Waals surface area contributed by atoms with E-state index in [0.717, 1.165) is 0 Å². The van der Waals surface area contributed by atoms with Crippen molar-refractivity contribution in [3.63, 3.8) is 0 Å². The molecule has 0 atom stereocenters. The molecule has 0 aliphatic rings. The van der Waals surface area contributed by atoms with Crippen LogP contribution in [0, 0.1) is 0 Å². The van der Waals surface area contributed by atoms with E-state index in [2.05, 4.69) is 20.3 Å². The van der Waals surface area contributed by atoms with Gasteiger partial charge in [-0.1, -0.05) is 0 Å². The zero-order valence-electron chi connectivity index (χ0n) is 7.32. The first-order valence-electron chi connectivity index (χ1n) is 3.72. The molecule has 0 fully saturated rings. The number of methoxy groups -OCH3 is 1. The maximum atomic E-state index is 5.35. The number of ether oxygens (including phenoxy) is 1. The molecule has 0 aliphatic heterocycles. The summed E-state index contributed by atoms with van der Waals surface area (Å²) in [5.74, 6) is 0.571. The van der Waals surface area contributed by atoms with Gasteiger partial charge in [-0.05, 0) is 0 Å². The summed E-state index contributed by atoms with van der Waals surface area (Å²) in [4.78, 5) is 11.3. The number of hydrogen-bond acceptors (Lipinski definition) is 7. The average molecular weight is 184 g/mol. The van der Waals surface area contributed by atoms with Crippen LogP contribution in [0.1, 0.15) is 0 Å². The molecule has 0 aliphatic carbocycles. The summed E-state index contributed by atoms with van der Waals surface area (Å²) in [7, 11) is 1.61. The molecular formula is C6H12N6O. The van der Waals surface area contributed by atoms with Crippen LogP contribution in [0.5, 0.6) is 0 Å². The Morgan fingerprint density at radius 1 is 1.23 bits per heavy atom. The van der Waals surface area contributed by atoms with Crippen LogP contribution in [0.25, 0.3) is 0 Å². The molecule has 0 aromatic carbocycles. The quantitative estimate of drug-likeness (QED) is 0.519. The number of anilines is 3.